The number of nitrogens with one attached hydrogen (secondary N) is 1. The largest absolute Gasteiger partial charge is 0.490 e. The molecule has 0 unspecified atom stereocenters. The summed E-state index contributed by atoms with van der Waals surface area (Å²) in [6.45, 7) is 2.82. The molecule has 2 heterocycles. The van der Waals surface area contributed by atoms with Gasteiger partial charge in [-0.15, -0.1) is 24.0 Å². The van der Waals surface area contributed by atoms with Crippen LogP contribution in [0.5, 0.6) is 11.5 Å². The summed E-state index contributed by atoms with van der Waals surface area (Å²) >= 11 is 0. The Balaban J connectivity index is 0.00000225. The third-order valence-electron chi connectivity index (χ3n) is 4.39. The van der Waals surface area contributed by atoms with Gasteiger partial charge in [-0.1, -0.05) is 12.1 Å². The van der Waals surface area contributed by atoms with Crippen LogP contribution < -0.4 is 20.5 Å². The van der Waals surface area contributed by atoms with Crippen molar-refractivity contribution >= 4 is 46.7 Å². The van der Waals surface area contributed by atoms with Crippen LogP contribution in [0.1, 0.15) is 12.8 Å². The van der Waals surface area contributed by atoms with Crippen molar-refractivity contribution in [2.24, 2.45) is 10.7 Å². The number of halogens is 1. The van der Waals surface area contributed by atoms with Gasteiger partial charge in [-0.2, -0.15) is 0 Å². The summed E-state index contributed by atoms with van der Waals surface area (Å²) in [5, 5.41) is 3.11. The third kappa shape index (κ3) is 4.86. The van der Waals surface area contributed by atoms with E-state index in [4.69, 9.17) is 15.2 Å². The molecule has 0 bridgehead atoms. The minimum absolute atomic E-state index is 0. The number of fused-ring (bicyclic) bond motifs is 2. The van der Waals surface area contributed by atoms with Crippen LogP contribution in [-0.4, -0.2) is 35.3 Å². The molecule has 28 heavy (non-hydrogen) atoms. The molecule has 0 aliphatic carbocycles. The van der Waals surface area contributed by atoms with Crippen molar-refractivity contribution in [3.8, 4) is 11.5 Å². The van der Waals surface area contributed by atoms with Gasteiger partial charge < -0.3 is 25.1 Å². The highest BCUT2D eigenvalue weighted by Gasteiger charge is 2.10. The molecule has 0 saturated heterocycles. The second-order valence-electron chi connectivity index (χ2n) is 6.38. The standard InChI is InChI=1S/C20H23N5O2.HI/c21-20(24-15-7-8-18-19(13-15)27-12-4-11-26-18)22-9-3-10-25-14-23-16-5-1-2-6-17(16)25;/h1-2,5-8,13-14H,3-4,9-12H2,(H3,21,22,24);1H. The van der Waals surface area contributed by atoms with E-state index < -0.39 is 0 Å². The Morgan fingerprint density at radius 2 is 1.96 bits per heavy atom. The maximum Gasteiger partial charge on any atom is 0.193 e. The molecule has 8 heteroatoms. The van der Waals surface area contributed by atoms with Gasteiger partial charge in [0, 0.05) is 31.3 Å². The van der Waals surface area contributed by atoms with Crippen molar-refractivity contribution in [3.63, 3.8) is 0 Å². The Morgan fingerprint density at radius 3 is 2.86 bits per heavy atom. The molecule has 2 aromatic carbocycles. The summed E-state index contributed by atoms with van der Waals surface area (Å²) in [4.78, 5) is 8.81. The van der Waals surface area contributed by atoms with Crippen molar-refractivity contribution < 1.29 is 9.47 Å². The fourth-order valence-electron chi connectivity index (χ4n) is 3.06. The Bertz CT molecular complexity index is 957. The Kier molecular flexibility index (Phi) is 6.96. The zero-order valence-electron chi connectivity index (χ0n) is 15.5. The molecule has 0 amide bonds. The van der Waals surface area contributed by atoms with Crippen LogP contribution in [0.3, 0.4) is 0 Å². The fraction of sp³-hybridized carbons (Fsp3) is 0.300. The lowest BCUT2D eigenvalue weighted by molar-refractivity contribution is 0.297. The minimum Gasteiger partial charge on any atom is -0.490 e. The van der Waals surface area contributed by atoms with Crippen molar-refractivity contribution in [3.05, 3.63) is 48.8 Å². The number of nitrogens with zero attached hydrogens (tertiary/aromatic N) is 3. The quantitative estimate of drug-likeness (QED) is 0.246. The van der Waals surface area contributed by atoms with Gasteiger partial charge in [0.15, 0.2) is 17.5 Å². The average Bonchev–Trinajstić information content (AvgIpc) is 2.94. The number of anilines is 1. The Hall–Kier alpha value is -2.49. The predicted octanol–water partition coefficient (Wildman–Crippen LogP) is 3.63. The molecule has 3 N–H and O–H groups in total. The van der Waals surface area contributed by atoms with Gasteiger partial charge in [0.25, 0.3) is 0 Å². The molecule has 0 saturated carbocycles. The number of hydrogen-bond donors (Lipinski definition) is 2. The maximum atomic E-state index is 6.01. The molecule has 1 aliphatic rings. The van der Waals surface area contributed by atoms with Crippen LogP contribution in [-0.2, 0) is 6.54 Å². The van der Waals surface area contributed by atoms with Gasteiger partial charge in [-0.25, -0.2) is 4.98 Å². The van der Waals surface area contributed by atoms with Crippen molar-refractivity contribution in [1.82, 2.24) is 9.55 Å². The number of aliphatic imine (C=N–C) groups is 1. The summed E-state index contributed by atoms with van der Waals surface area (Å²) in [6.07, 6.45) is 3.63. The van der Waals surface area contributed by atoms with E-state index in [-0.39, 0.29) is 24.0 Å². The second-order valence-corrected chi connectivity index (χ2v) is 6.38. The molecule has 3 aromatic rings. The zero-order chi connectivity index (χ0) is 18.5. The first-order valence-corrected chi connectivity index (χ1v) is 9.16. The molecule has 0 spiro atoms. The van der Waals surface area contributed by atoms with Crippen molar-refractivity contribution in [1.29, 1.82) is 0 Å². The number of benzene rings is 2. The fourth-order valence-corrected chi connectivity index (χ4v) is 3.06. The first-order valence-electron chi connectivity index (χ1n) is 9.16. The van der Waals surface area contributed by atoms with E-state index in [1.165, 1.54) is 0 Å². The van der Waals surface area contributed by atoms with E-state index in [0.29, 0.717) is 25.7 Å². The van der Waals surface area contributed by atoms with Crippen LogP contribution in [0.15, 0.2) is 53.8 Å². The highest BCUT2D eigenvalue weighted by molar-refractivity contribution is 14.0. The number of hydrogen-bond acceptors (Lipinski definition) is 4. The van der Waals surface area contributed by atoms with E-state index in [9.17, 15) is 0 Å². The van der Waals surface area contributed by atoms with Gasteiger partial charge in [-0.05, 0) is 30.7 Å². The maximum absolute atomic E-state index is 6.01. The SMILES string of the molecule is I.NC(=NCCCn1cnc2ccccc21)Nc1ccc2c(c1)OCCCO2. The molecule has 1 aromatic heterocycles. The van der Waals surface area contributed by atoms with E-state index in [1.807, 2.05) is 42.7 Å². The van der Waals surface area contributed by atoms with E-state index in [0.717, 1.165) is 47.6 Å². The number of imidazole rings is 1. The van der Waals surface area contributed by atoms with Crippen LogP contribution in [0.4, 0.5) is 5.69 Å². The lowest BCUT2D eigenvalue weighted by Crippen LogP contribution is -2.23. The molecular formula is C20H24IN5O2. The molecular weight excluding hydrogens is 469 g/mol. The lowest BCUT2D eigenvalue weighted by Gasteiger charge is -2.10. The normalized spacial score (nSPS) is 13.6. The number of rotatable bonds is 5. The van der Waals surface area contributed by atoms with E-state index in [2.05, 4.69) is 25.9 Å². The van der Waals surface area contributed by atoms with Gasteiger partial charge in [0.2, 0.25) is 0 Å². The summed E-state index contributed by atoms with van der Waals surface area (Å²) in [5.74, 6) is 1.89. The van der Waals surface area contributed by atoms with E-state index >= 15 is 0 Å². The molecule has 0 fully saturated rings. The first-order chi connectivity index (χ1) is 13.3. The number of guanidine groups is 1. The molecule has 0 atom stereocenters. The van der Waals surface area contributed by atoms with Crippen molar-refractivity contribution in [2.75, 3.05) is 25.1 Å². The minimum atomic E-state index is 0. The zero-order valence-corrected chi connectivity index (χ0v) is 17.8. The van der Waals surface area contributed by atoms with Crippen molar-refractivity contribution in [2.45, 2.75) is 19.4 Å². The number of nitrogens with two attached hydrogens (primary N) is 1. The summed E-state index contributed by atoms with van der Waals surface area (Å²) in [7, 11) is 0. The van der Waals surface area contributed by atoms with Gasteiger partial charge in [-0.3, -0.25) is 4.99 Å². The van der Waals surface area contributed by atoms with Gasteiger partial charge >= 0.3 is 0 Å². The topological polar surface area (TPSA) is 86.7 Å². The monoisotopic (exact) mass is 493 g/mol. The number of aryl methyl sites for hydroxylation is 1. The smallest absolute Gasteiger partial charge is 0.193 e. The summed E-state index contributed by atoms with van der Waals surface area (Å²) < 4.78 is 13.5. The summed E-state index contributed by atoms with van der Waals surface area (Å²) in [5.41, 5.74) is 8.99. The Morgan fingerprint density at radius 1 is 1.14 bits per heavy atom. The highest BCUT2D eigenvalue weighted by atomic mass is 127. The lowest BCUT2D eigenvalue weighted by atomic mass is 10.3. The average molecular weight is 493 g/mol. The van der Waals surface area contributed by atoms with Gasteiger partial charge in [0.05, 0.1) is 30.6 Å². The van der Waals surface area contributed by atoms with E-state index in [1.54, 1.807) is 0 Å². The van der Waals surface area contributed by atoms with Gasteiger partial charge in [0.1, 0.15) is 0 Å². The van der Waals surface area contributed by atoms with Crippen LogP contribution in [0.2, 0.25) is 0 Å². The molecule has 1 aliphatic heterocycles. The first kappa shape index (κ1) is 20.2. The number of ether oxygens (including phenoxy) is 2. The van der Waals surface area contributed by atoms with Crippen LogP contribution in [0.25, 0.3) is 11.0 Å². The third-order valence-corrected chi connectivity index (χ3v) is 4.39. The second kappa shape index (κ2) is 9.63. The number of aromatic nitrogens is 2. The van der Waals surface area contributed by atoms with Crippen LogP contribution >= 0.6 is 24.0 Å². The predicted molar refractivity (Wildman–Crippen MR) is 122 cm³/mol. The highest BCUT2D eigenvalue weighted by Crippen LogP contribution is 2.32. The summed E-state index contributed by atoms with van der Waals surface area (Å²) in [6, 6.07) is 13.8. The molecule has 0 radical (unpaired) electrons. The molecule has 148 valence electrons. The molecule has 4 rings (SSSR count). The molecule has 7 nitrogen and oxygen atoms in total. The van der Waals surface area contributed by atoms with Crippen LogP contribution in [0, 0.1) is 0 Å². The number of para-hydroxylation sites is 2. The Labute approximate surface area is 181 Å².